The summed E-state index contributed by atoms with van der Waals surface area (Å²) in [5.41, 5.74) is -0.729. The second kappa shape index (κ2) is 13.6. The number of aliphatic carboxylic acids is 1. The maximum absolute atomic E-state index is 12.6. The number of hydrogen-bond acceptors (Lipinski definition) is 6. The first kappa shape index (κ1) is 30.1. The van der Waals surface area contributed by atoms with Crippen molar-refractivity contribution in [2.75, 3.05) is 6.54 Å². The van der Waals surface area contributed by atoms with Crippen LogP contribution in [0.15, 0.2) is 0 Å². The zero-order chi connectivity index (χ0) is 25.9. The first-order valence-corrected chi connectivity index (χ1v) is 11.1. The molecule has 0 heterocycles. The molecule has 11 nitrogen and oxygen atoms in total. The predicted octanol–water partition coefficient (Wildman–Crippen LogP) is 1.16. The van der Waals surface area contributed by atoms with Crippen LogP contribution in [-0.4, -0.2) is 65.2 Å². The molecule has 0 radical (unpaired) electrons. The van der Waals surface area contributed by atoms with E-state index in [2.05, 4.69) is 21.3 Å². The van der Waals surface area contributed by atoms with Gasteiger partial charge in [-0.25, -0.2) is 4.79 Å². The van der Waals surface area contributed by atoms with Crippen LogP contribution in [0.2, 0.25) is 0 Å². The lowest BCUT2D eigenvalue weighted by atomic mass is 10.0. The van der Waals surface area contributed by atoms with Crippen LogP contribution in [0.25, 0.3) is 0 Å². The lowest BCUT2D eigenvalue weighted by Crippen LogP contribution is -2.54. The van der Waals surface area contributed by atoms with E-state index in [9.17, 15) is 24.0 Å². The Kier molecular flexibility index (Phi) is 12.5. The van der Waals surface area contributed by atoms with Gasteiger partial charge in [0.2, 0.25) is 17.7 Å². The highest BCUT2D eigenvalue weighted by Crippen LogP contribution is 2.10. The van der Waals surface area contributed by atoms with Crippen LogP contribution in [-0.2, 0) is 23.9 Å². The van der Waals surface area contributed by atoms with Gasteiger partial charge in [-0.05, 0) is 52.4 Å². The molecule has 0 saturated heterocycles. The van der Waals surface area contributed by atoms with Gasteiger partial charge in [0.25, 0.3) is 0 Å². The third kappa shape index (κ3) is 14.0. The minimum absolute atomic E-state index is 0.0456. The van der Waals surface area contributed by atoms with Gasteiger partial charge < -0.3 is 31.1 Å². The zero-order valence-corrected chi connectivity index (χ0v) is 20.9. The molecular formula is C22H40N4O7. The van der Waals surface area contributed by atoms with Crippen molar-refractivity contribution in [3.8, 4) is 0 Å². The minimum atomic E-state index is -1.20. The number of carbonyl (C=O) groups excluding carboxylic acids is 4. The van der Waals surface area contributed by atoms with E-state index in [-0.39, 0.29) is 18.3 Å². The molecule has 190 valence electrons. The van der Waals surface area contributed by atoms with E-state index in [0.29, 0.717) is 6.42 Å². The Morgan fingerprint density at radius 2 is 1.27 bits per heavy atom. The molecule has 33 heavy (non-hydrogen) atoms. The van der Waals surface area contributed by atoms with Gasteiger partial charge in [-0.3, -0.25) is 19.2 Å². The fraction of sp³-hybridized carbons (Fsp3) is 0.773. The molecule has 0 aliphatic carbocycles. The Morgan fingerprint density at radius 1 is 0.788 bits per heavy atom. The molecule has 0 rings (SSSR count). The van der Waals surface area contributed by atoms with Crippen LogP contribution in [0, 0.1) is 11.8 Å². The normalized spacial score (nSPS) is 14.1. The standard InChI is InChI=1S/C22H40N4O7/c1-12(2)9-15(26-21(32)33-22(6,7)8)18(28)23-11-17(27)25-16(10-13(3)4)19(29)24-14(5)20(30)31/h12-16H,9-11H2,1-8H3,(H,23,28)(H,24,29)(H,25,27)(H,26,32)(H,30,31). The average Bonchev–Trinajstić information content (AvgIpc) is 2.62. The molecule has 0 spiro atoms. The number of alkyl carbamates (subject to hydrolysis) is 1. The Labute approximate surface area is 195 Å². The monoisotopic (exact) mass is 472 g/mol. The second-order valence-electron chi connectivity index (χ2n) is 9.86. The highest BCUT2D eigenvalue weighted by molar-refractivity contribution is 5.93. The molecule has 0 aromatic carbocycles. The predicted molar refractivity (Wildman–Crippen MR) is 122 cm³/mol. The molecule has 0 fully saturated rings. The number of carbonyl (C=O) groups is 5. The van der Waals surface area contributed by atoms with Gasteiger partial charge in [0.05, 0.1) is 6.54 Å². The molecule has 0 aromatic rings. The summed E-state index contributed by atoms with van der Waals surface area (Å²) in [7, 11) is 0. The molecule has 5 N–H and O–H groups in total. The van der Waals surface area contributed by atoms with Crippen molar-refractivity contribution < 1.29 is 33.8 Å². The first-order chi connectivity index (χ1) is 15.0. The van der Waals surface area contributed by atoms with Gasteiger partial charge >= 0.3 is 12.1 Å². The summed E-state index contributed by atoms with van der Waals surface area (Å²) in [5, 5.41) is 18.8. The summed E-state index contributed by atoms with van der Waals surface area (Å²) < 4.78 is 5.19. The molecule has 0 saturated carbocycles. The third-order valence-electron chi connectivity index (χ3n) is 4.23. The van der Waals surface area contributed by atoms with E-state index in [0.717, 1.165) is 0 Å². The highest BCUT2D eigenvalue weighted by Gasteiger charge is 2.27. The summed E-state index contributed by atoms with van der Waals surface area (Å²) in [6.45, 7) is 13.5. The minimum Gasteiger partial charge on any atom is -0.480 e. The smallest absolute Gasteiger partial charge is 0.408 e. The van der Waals surface area contributed by atoms with Crippen molar-refractivity contribution in [1.29, 1.82) is 0 Å². The summed E-state index contributed by atoms with van der Waals surface area (Å²) in [5.74, 6) is -2.87. The molecule has 0 aliphatic rings. The molecule has 3 atom stereocenters. The average molecular weight is 473 g/mol. The van der Waals surface area contributed by atoms with E-state index in [1.165, 1.54) is 6.92 Å². The van der Waals surface area contributed by atoms with Crippen LogP contribution in [0.4, 0.5) is 4.79 Å². The van der Waals surface area contributed by atoms with E-state index in [1.54, 1.807) is 20.8 Å². The van der Waals surface area contributed by atoms with Crippen molar-refractivity contribution in [1.82, 2.24) is 21.3 Å². The summed E-state index contributed by atoms with van der Waals surface area (Å²) >= 11 is 0. The second-order valence-corrected chi connectivity index (χ2v) is 9.86. The van der Waals surface area contributed by atoms with Gasteiger partial charge in [-0.15, -0.1) is 0 Å². The van der Waals surface area contributed by atoms with E-state index >= 15 is 0 Å². The van der Waals surface area contributed by atoms with Crippen LogP contribution >= 0.6 is 0 Å². The Morgan fingerprint density at radius 3 is 1.70 bits per heavy atom. The number of carboxylic acid groups (broad SMARTS) is 1. The van der Waals surface area contributed by atoms with Crippen LogP contribution < -0.4 is 21.3 Å². The lowest BCUT2D eigenvalue weighted by Gasteiger charge is -2.24. The fourth-order valence-corrected chi connectivity index (χ4v) is 2.77. The number of ether oxygens (including phenoxy) is 1. The number of carboxylic acids is 1. The molecular weight excluding hydrogens is 432 g/mol. The van der Waals surface area contributed by atoms with Gasteiger partial charge in [0.15, 0.2) is 0 Å². The van der Waals surface area contributed by atoms with Gasteiger partial charge in [0, 0.05) is 0 Å². The van der Waals surface area contributed by atoms with Crippen molar-refractivity contribution in [3.63, 3.8) is 0 Å². The lowest BCUT2D eigenvalue weighted by molar-refractivity contribution is -0.141. The molecule has 11 heteroatoms. The Balaban J connectivity index is 5.03. The van der Waals surface area contributed by atoms with E-state index < -0.39 is 60.1 Å². The quantitative estimate of drug-likeness (QED) is 0.284. The summed E-state index contributed by atoms with van der Waals surface area (Å²) in [6.07, 6.45) is -0.124. The molecule has 0 bridgehead atoms. The van der Waals surface area contributed by atoms with Crippen molar-refractivity contribution in [2.45, 2.75) is 92.0 Å². The summed E-state index contributed by atoms with van der Waals surface area (Å²) in [4.78, 5) is 60.4. The maximum Gasteiger partial charge on any atom is 0.408 e. The first-order valence-electron chi connectivity index (χ1n) is 11.1. The number of amides is 4. The van der Waals surface area contributed by atoms with Crippen LogP contribution in [0.5, 0.6) is 0 Å². The Hall–Kier alpha value is -2.85. The Bertz CT molecular complexity index is 701. The maximum atomic E-state index is 12.6. The molecule has 3 unspecified atom stereocenters. The van der Waals surface area contributed by atoms with E-state index in [1.807, 2.05) is 27.7 Å². The third-order valence-corrected chi connectivity index (χ3v) is 4.23. The highest BCUT2D eigenvalue weighted by atomic mass is 16.6. The van der Waals surface area contributed by atoms with Crippen LogP contribution in [0.1, 0.15) is 68.2 Å². The zero-order valence-electron chi connectivity index (χ0n) is 20.9. The van der Waals surface area contributed by atoms with Gasteiger partial charge in [-0.2, -0.15) is 0 Å². The van der Waals surface area contributed by atoms with Crippen molar-refractivity contribution in [2.24, 2.45) is 11.8 Å². The number of hydrogen-bond donors (Lipinski definition) is 5. The van der Waals surface area contributed by atoms with Crippen molar-refractivity contribution in [3.05, 3.63) is 0 Å². The van der Waals surface area contributed by atoms with E-state index in [4.69, 9.17) is 9.84 Å². The molecule has 4 amide bonds. The number of nitrogens with one attached hydrogen (secondary N) is 4. The van der Waals surface area contributed by atoms with Crippen LogP contribution in [0.3, 0.4) is 0 Å². The largest absolute Gasteiger partial charge is 0.480 e. The topological polar surface area (TPSA) is 163 Å². The SMILES string of the molecule is CC(C)CC(NC(=O)CNC(=O)C(CC(C)C)NC(=O)OC(C)(C)C)C(=O)NC(C)C(=O)O. The van der Waals surface area contributed by atoms with Gasteiger partial charge in [-0.1, -0.05) is 27.7 Å². The fourth-order valence-electron chi connectivity index (χ4n) is 2.77. The number of rotatable bonds is 12. The molecule has 0 aliphatic heterocycles. The van der Waals surface area contributed by atoms with Crippen molar-refractivity contribution >= 4 is 29.8 Å². The van der Waals surface area contributed by atoms with Gasteiger partial charge in [0.1, 0.15) is 23.7 Å². The summed E-state index contributed by atoms with van der Waals surface area (Å²) in [6, 6.07) is -2.97. The molecule has 0 aromatic heterocycles.